The lowest BCUT2D eigenvalue weighted by atomic mass is 10.1. The van der Waals surface area contributed by atoms with Gasteiger partial charge in [-0.3, -0.25) is 0 Å². The van der Waals surface area contributed by atoms with Crippen molar-refractivity contribution in [3.8, 4) is 0 Å². The van der Waals surface area contributed by atoms with Crippen molar-refractivity contribution in [2.75, 3.05) is 24.6 Å². The summed E-state index contributed by atoms with van der Waals surface area (Å²) < 4.78 is 32.6. The second kappa shape index (κ2) is 18.0. The molecule has 0 spiro atoms. The summed E-state index contributed by atoms with van der Waals surface area (Å²) >= 11 is 0. The summed E-state index contributed by atoms with van der Waals surface area (Å²) in [5.41, 5.74) is 0.629. The van der Waals surface area contributed by atoms with Crippen LogP contribution in [0.3, 0.4) is 0 Å². The fourth-order valence-electron chi connectivity index (χ4n) is 3.97. The molecule has 0 atom stereocenters. The number of rotatable bonds is 16. The average molecular weight is 473 g/mol. The molecule has 0 aliphatic heterocycles. The van der Waals surface area contributed by atoms with Crippen LogP contribution in [0, 0.1) is 0 Å². The molecule has 0 fully saturated rings. The van der Waals surface area contributed by atoms with E-state index in [0.717, 1.165) is 12.8 Å². The van der Waals surface area contributed by atoms with Crippen LogP contribution in [-0.4, -0.2) is 37.6 Å². The first-order chi connectivity index (χ1) is 14.8. The van der Waals surface area contributed by atoms with Crippen LogP contribution in [-0.2, 0) is 16.5 Å². The molecule has 5 heteroatoms. The first kappa shape index (κ1) is 30.6. The zero-order chi connectivity index (χ0) is 23.6. The van der Waals surface area contributed by atoms with Crippen LogP contribution in [0.2, 0.25) is 0 Å². The lowest BCUT2D eigenvalue weighted by Gasteiger charge is -2.28. The maximum Gasteiger partial charge on any atom is 0.124 e. The van der Waals surface area contributed by atoms with Gasteiger partial charge in [-0.1, -0.05) is 84.9 Å². The predicted octanol–water partition coefficient (Wildman–Crippen LogP) is 8.14. The maximum atomic E-state index is 10.9. The third kappa shape index (κ3) is 13.6. The highest BCUT2D eigenvalue weighted by molar-refractivity contribution is 7.85. The fourth-order valence-corrected chi connectivity index (χ4v) is 9.99. The standard InChI is InChI=1S/C16H36P.C10H14O3S/c1-5-9-13-17(14-10-6-2,15-11-7-3)16-12-8-4;1-2-3-6-9-7-4-5-8-10(9)14(11,12)13/h5-16H2,1-4H3;4-5,7-8H,2-3,6H2,1H3,(H,11,12,13)/q+1;/p-1. The van der Waals surface area contributed by atoms with E-state index in [4.69, 9.17) is 0 Å². The minimum Gasteiger partial charge on any atom is -0.744 e. The lowest BCUT2D eigenvalue weighted by molar-refractivity contribution is 0.462. The van der Waals surface area contributed by atoms with Crippen LogP contribution < -0.4 is 0 Å². The van der Waals surface area contributed by atoms with E-state index < -0.39 is 17.4 Å². The van der Waals surface area contributed by atoms with Crippen LogP contribution in [0.1, 0.15) is 104 Å². The van der Waals surface area contributed by atoms with Crippen molar-refractivity contribution >= 4 is 17.4 Å². The number of hydrogen-bond donors (Lipinski definition) is 0. The first-order valence-corrected chi connectivity index (χ1v) is 16.6. The third-order valence-corrected chi connectivity index (χ3v) is 12.0. The van der Waals surface area contributed by atoms with E-state index in [0.29, 0.717) is 12.0 Å². The Morgan fingerprint density at radius 3 is 1.42 bits per heavy atom. The van der Waals surface area contributed by atoms with Crippen molar-refractivity contribution in [2.24, 2.45) is 0 Å². The highest BCUT2D eigenvalue weighted by Gasteiger charge is 2.34. The lowest BCUT2D eigenvalue weighted by Crippen LogP contribution is -2.12. The van der Waals surface area contributed by atoms with Crippen molar-refractivity contribution in [2.45, 2.75) is 110 Å². The topological polar surface area (TPSA) is 57.2 Å². The van der Waals surface area contributed by atoms with Gasteiger partial charge >= 0.3 is 0 Å². The smallest absolute Gasteiger partial charge is 0.124 e. The Hall–Kier alpha value is -0.440. The van der Waals surface area contributed by atoms with Crippen LogP contribution in [0.25, 0.3) is 0 Å². The van der Waals surface area contributed by atoms with E-state index in [1.165, 1.54) is 57.4 Å². The zero-order valence-corrected chi connectivity index (χ0v) is 22.7. The second-order valence-electron chi connectivity index (χ2n) is 8.82. The molecule has 0 heterocycles. The van der Waals surface area contributed by atoms with E-state index in [1.54, 1.807) is 42.8 Å². The molecule has 182 valence electrons. The molecule has 0 aromatic heterocycles. The fraction of sp³-hybridized carbons (Fsp3) is 0.769. The van der Waals surface area contributed by atoms with Crippen LogP contribution in [0.4, 0.5) is 0 Å². The summed E-state index contributed by atoms with van der Waals surface area (Å²) in [7, 11) is -4.88. The van der Waals surface area contributed by atoms with Gasteiger partial charge in [0.1, 0.15) is 10.1 Å². The minimum atomic E-state index is -4.31. The van der Waals surface area contributed by atoms with Gasteiger partial charge in [0.05, 0.1) is 29.5 Å². The zero-order valence-electron chi connectivity index (χ0n) is 21.0. The summed E-state index contributed by atoms with van der Waals surface area (Å²) in [5.74, 6) is 0. The number of unbranched alkanes of at least 4 members (excludes halogenated alkanes) is 5. The number of hydrogen-bond acceptors (Lipinski definition) is 3. The van der Waals surface area contributed by atoms with Gasteiger partial charge in [0, 0.05) is 7.26 Å². The Morgan fingerprint density at radius 1 is 0.677 bits per heavy atom. The van der Waals surface area contributed by atoms with Crippen LogP contribution >= 0.6 is 7.26 Å². The Labute approximate surface area is 194 Å². The molecule has 1 aromatic carbocycles. The van der Waals surface area contributed by atoms with E-state index in [1.807, 2.05) is 6.92 Å². The van der Waals surface area contributed by atoms with Crippen molar-refractivity contribution in [1.29, 1.82) is 0 Å². The van der Waals surface area contributed by atoms with Gasteiger partial charge in [0.15, 0.2) is 0 Å². The van der Waals surface area contributed by atoms with Gasteiger partial charge in [0.25, 0.3) is 0 Å². The molecule has 31 heavy (non-hydrogen) atoms. The Bertz CT molecular complexity index is 621. The van der Waals surface area contributed by atoms with Crippen molar-refractivity contribution < 1.29 is 13.0 Å². The predicted molar refractivity (Wildman–Crippen MR) is 139 cm³/mol. The molecule has 0 bridgehead atoms. The molecule has 3 nitrogen and oxygen atoms in total. The van der Waals surface area contributed by atoms with Gasteiger partial charge in [-0.25, -0.2) is 8.42 Å². The molecular weight excluding hydrogens is 423 g/mol. The molecule has 0 N–H and O–H groups in total. The van der Waals surface area contributed by atoms with Crippen LogP contribution in [0.15, 0.2) is 29.2 Å². The summed E-state index contributed by atoms with van der Waals surface area (Å²) in [4.78, 5) is -0.0755. The van der Waals surface area contributed by atoms with E-state index in [9.17, 15) is 13.0 Å². The van der Waals surface area contributed by atoms with Crippen molar-refractivity contribution in [1.82, 2.24) is 0 Å². The van der Waals surface area contributed by atoms with Crippen molar-refractivity contribution in [3.05, 3.63) is 29.8 Å². The quantitative estimate of drug-likeness (QED) is 0.180. The van der Waals surface area contributed by atoms with Gasteiger partial charge in [-0.05, 0) is 50.2 Å². The minimum absolute atomic E-state index is 0.0755. The number of aryl methyl sites for hydroxylation is 1. The summed E-state index contributed by atoms with van der Waals surface area (Å²) in [6.45, 7) is 11.4. The second-order valence-corrected chi connectivity index (χ2v) is 14.6. The van der Waals surface area contributed by atoms with E-state index in [2.05, 4.69) is 27.7 Å². The molecule has 0 amide bonds. The van der Waals surface area contributed by atoms with Gasteiger partial charge < -0.3 is 4.55 Å². The van der Waals surface area contributed by atoms with E-state index in [-0.39, 0.29) is 4.90 Å². The molecule has 0 saturated heterocycles. The average Bonchev–Trinajstić information content (AvgIpc) is 2.76. The summed E-state index contributed by atoms with van der Waals surface area (Å²) in [6, 6.07) is 6.38. The third-order valence-electron chi connectivity index (χ3n) is 5.99. The van der Waals surface area contributed by atoms with Crippen LogP contribution in [0.5, 0.6) is 0 Å². The molecular formula is C26H49O3PS. The maximum absolute atomic E-state index is 10.9. The molecule has 0 aliphatic rings. The molecule has 0 radical (unpaired) electrons. The molecule has 0 aliphatic carbocycles. The SMILES string of the molecule is CCCC[P+](CCCC)(CCCC)CCCC.CCCCc1ccccc1S(=O)(=O)[O-]. The monoisotopic (exact) mass is 472 g/mol. The Balaban J connectivity index is 0.000000590. The Morgan fingerprint density at radius 2 is 1.06 bits per heavy atom. The van der Waals surface area contributed by atoms with E-state index >= 15 is 0 Å². The normalized spacial score (nSPS) is 11.8. The molecule has 0 saturated carbocycles. The van der Waals surface area contributed by atoms with Crippen molar-refractivity contribution in [3.63, 3.8) is 0 Å². The highest BCUT2D eigenvalue weighted by atomic mass is 32.2. The number of benzene rings is 1. The Kier molecular flexibility index (Phi) is 17.8. The highest BCUT2D eigenvalue weighted by Crippen LogP contribution is 2.61. The summed E-state index contributed by atoms with van der Waals surface area (Å²) in [5, 5.41) is 0. The summed E-state index contributed by atoms with van der Waals surface area (Å²) in [6.07, 6.45) is 20.5. The van der Waals surface area contributed by atoms with Gasteiger partial charge in [-0.15, -0.1) is 0 Å². The first-order valence-electron chi connectivity index (χ1n) is 12.7. The van der Waals surface area contributed by atoms with Gasteiger partial charge in [0.2, 0.25) is 0 Å². The van der Waals surface area contributed by atoms with Gasteiger partial charge in [-0.2, -0.15) is 0 Å². The molecule has 1 aromatic rings. The largest absolute Gasteiger partial charge is 0.744 e. The molecule has 1 rings (SSSR count). The molecule has 0 unspecified atom stereocenters.